The number of nitrogens with one attached hydrogen (secondary N) is 1. The molecule has 0 aliphatic heterocycles. The number of tetrazole rings is 1. The zero-order chi connectivity index (χ0) is 18.6. The van der Waals surface area contributed by atoms with Crippen LogP contribution in [0.15, 0.2) is 12.7 Å². The van der Waals surface area contributed by atoms with Gasteiger partial charge in [0.25, 0.3) is 0 Å². The van der Waals surface area contributed by atoms with Gasteiger partial charge in [0.15, 0.2) is 5.82 Å². The van der Waals surface area contributed by atoms with Crippen molar-refractivity contribution in [2.45, 2.75) is 70.0 Å². The Kier molecular flexibility index (Phi) is 3.64. The molecule has 4 aliphatic rings. The van der Waals surface area contributed by atoms with Crippen molar-refractivity contribution in [2.24, 2.45) is 17.8 Å². The topological polar surface area (TPSA) is 103 Å². The van der Waals surface area contributed by atoms with E-state index in [1.54, 1.807) is 11.0 Å². The number of aromatic nitrogens is 7. The van der Waals surface area contributed by atoms with E-state index in [4.69, 9.17) is 0 Å². The minimum atomic E-state index is -0.151. The average Bonchev–Trinajstić information content (AvgIpc) is 3.25. The molecule has 4 bridgehead atoms. The molecule has 3 unspecified atom stereocenters. The minimum absolute atomic E-state index is 0.0895. The zero-order valence-corrected chi connectivity index (χ0v) is 15.9. The first kappa shape index (κ1) is 16.8. The Morgan fingerprint density at radius 3 is 2.74 bits per heavy atom. The zero-order valence-electron chi connectivity index (χ0n) is 15.9. The molecule has 144 valence electrons. The van der Waals surface area contributed by atoms with Crippen molar-refractivity contribution >= 4 is 5.91 Å². The van der Waals surface area contributed by atoms with E-state index in [0.29, 0.717) is 24.2 Å². The molecule has 6 rings (SSSR count). The first-order chi connectivity index (χ1) is 13.0. The smallest absolute Gasteiger partial charge is 0.225 e. The van der Waals surface area contributed by atoms with Gasteiger partial charge in [-0.2, -0.15) is 9.90 Å². The molecule has 0 aromatic carbocycles. The van der Waals surface area contributed by atoms with Crippen molar-refractivity contribution in [1.82, 2.24) is 40.3 Å². The standard InChI is InChI=1S/C18H26N8O/c1-12(8-25-11-19-10-20-25)16(27)21-17-4-14-3-15(5-17)7-18(6-14,9-17)26-23-13(2)22-24-26/h10-12,14-15H,3-9H2,1-2H3,(H,21,27). The SMILES string of the molecule is Cc1nnn(C23CC4CC(CC(NC(=O)C(C)Cn5cncn5)(C4)C2)C3)n1. The lowest BCUT2D eigenvalue weighted by molar-refractivity contribution is -0.135. The van der Waals surface area contributed by atoms with Gasteiger partial charge in [0.2, 0.25) is 5.91 Å². The van der Waals surface area contributed by atoms with Gasteiger partial charge >= 0.3 is 0 Å². The summed E-state index contributed by atoms with van der Waals surface area (Å²) in [4.78, 5) is 18.8. The van der Waals surface area contributed by atoms with Gasteiger partial charge in [0, 0.05) is 5.54 Å². The van der Waals surface area contributed by atoms with Gasteiger partial charge in [-0.1, -0.05) is 6.92 Å². The molecular weight excluding hydrogens is 344 g/mol. The summed E-state index contributed by atoms with van der Waals surface area (Å²) < 4.78 is 1.72. The molecule has 9 nitrogen and oxygen atoms in total. The summed E-state index contributed by atoms with van der Waals surface area (Å²) in [5.41, 5.74) is -0.229. The average molecular weight is 370 g/mol. The molecule has 4 saturated carbocycles. The first-order valence-corrected chi connectivity index (χ1v) is 9.87. The summed E-state index contributed by atoms with van der Waals surface area (Å²) in [6.07, 6.45) is 9.67. The Hall–Kier alpha value is -2.32. The first-order valence-electron chi connectivity index (χ1n) is 9.87. The van der Waals surface area contributed by atoms with Crippen molar-refractivity contribution in [1.29, 1.82) is 0 Å². The Bertz CT molecular complexity index is 829. The molecule has 0 radical (unpaired) electrons. The van der Waals surface area contributed by atoms with E-state index < -0.39 is 0 Å². The number of rotatable bonds is 5. The second-order valence-electron chi connectivity index (χ2n) is 9.10. The van der Waals surface area contributed by atoms with E-state index >= 15 is 0 Å². The Labute approximate surface area is 157 Å². The van der Waals surface area contributed by atoms with Crippen LogP contribution in [0.5, 0.6) is 0 Å². The Morgan fingerprint density at radius 1 is 1.33 bits per heavy atom. The third-order valence-corrected chi connectivity index (χ3v) is 6.73. The van der Waals surface area contributed by atoms with E-state index in [1.807, 2.05) is 18.6 Å². The second kappa shape index (κ2) is 5.84. The summed E-state index contributed by atoms with van der Waals surface area (Å²) in [6, 6.07) is 0. The Morgan fingerprint density at radius 2 is 2.11 bits per heavy atom. The van der Waals surface area contributed by atoms with Crippen LogP contribution in [0.2, 0.25) is 0 Å². The predicted molar refractivity (Wildman–Crippen MR) is 95.3 cm³/mol. The van der Waals surface area contributed by atoms with Crippen molar-refractivity contribution in [3.05, 3.63) is 18.5 Å². The van der Waals surface area contributed by atoms with Crippen molar-refractivity contribution < 1.29 is 4.79 Å². The molecule has 2 aromatic rings. The second-order valence-corrected chi connectivity index (χ2v) is 9.10. The Balaban J connectivity index is 1.37. The van der Waals surface area contributed by atoms with Crippen LogP contribution in [-0.2, 0) is 16.9 Å². The molecule has 2 heterocycles. The monoisotopic (exact) mass is 370 g/mol. The number of carbonyl (C=O) groups is 1. The quantitative estimate of drug-likeness (QED) is 0.844. The third kappa shape index (κ3) is 2.83. The highest BCUT2D eigenvalue weighted by atomic mass is 16.2. The van der Waals surface area contributed by atoms with Crippen LogP contribution in [0.25, 0.3) is 0 Å². The fraction of sp³-hybridized carbons (Fsp3) is 0.778. The summed E-state index contributed by atoms with van der Waals surface area (Å²) >= 11 is 0. The van der Waals surface area contributed by atoms with Crippen LogP contribution in [0, 0.1) is 24.7 Å². The molecule has 1 N–H and O–H groups in total. The number of hydrogen-bond donors (Lipinski definition) is 1. The highest BCUT2D eigenvalue weighted by Crippen LogP contribution is 2.60. The molecule has 9 heteroatoms. The van der Waals surface area contributed by atoms with Crippen LogP contribution < -0.4 is 5.32 Å². The maximum atomic E-state index is 13.0. The molecule has 2 aromatic heterocycles. The summed E-state index contributed by atoms with van der Waals surface area (Å²) in [5.74, 6) is 1.92. The molecule has 27 heavy (non-hydrogen) atoms. The van der Waals surface area contributed by atoms with Gasteiger partial charge in [-0.3, -0.25) is 9.48 Å². The minimum Gasteiger partial charge on any atom is -0.350 e. The fourth-order valence-corrected chi connectivity index (χ4v) is 6.15. The molecule has 0 saturated heterocycles. The summed E-state index contributed by atoms with van der Waals surface area (Å²) in [6.45, 7) is 4.38. The van der Waals surface area contributed by atoms with Gasteiger partial charge in [0.1, 0.15) is 12.7 Å². The van der Waals surface area contributed by atoms with E-state index in [2.05, 4.69) is 30.8 Å². The molecule has 0 spiro atoms. The number of amides is 1. The molecular formula is C18H26N8O. The largest absolute Gasteiger partial charge is 0.350 e. The van der Waals surface area contributed by atoms with Gasteiger partial charge in [-0.25, -0.2) is 4.98 Å². The normalized spacial score (nSPS) is 35.3. The highest BCUT2D eigenvalue weighted by Gasteiger charge is 2.60. The lowest BCUT2D eigenvalue weighted by Crippen LogP contribution is -2.66. The molecule has 4 aliphatic carbocycles. The molecule has 4 fully saturated rings. The number of carbonyl (C=O) groups excluding carboxylic acids is 1. The van der Waals surface area contributed by atoms with Gasteiger partial charge in [-0.15, -0.1) is 10.2 Å². The summed E-state index contributed by atoms with van der Waals surface area (Å²) in [7, 11) is 0. The fourth-order valence-electron chi connectivity index (χ4n) is 6.15. The number of hydrogen-bond acceptors (Lipinski definition) is 6. The third-order valence-electron chi connectivity index (χ3n) is 6.73. The van der Waals surface area contributed by atoms with Gasteiger partial charge in [0.05, 0.1) is 18.0 Å². The highest BCUT2D eigenvalue weighted by molar-refractivity contribution is 5.79. The van der Waals surface area contributed by atoms with Crippen LogP contribution in [0.3, 0.4) is 0 Å². The maximum absolute atomic E-state index is 13.0. The van der Waals surface area contributed by atoms with E-state index in [-0.39, 0.29) is 22.9 Å². The lowest BCUT2D eigenvalue weighted by atomic mass is 9.50. The van der Waals surface area contributed by atoms with Crippen LogP contribution in [0.4, 0.5) is 0 Å². The van der Waals surface area contributed by atoms with Gasteiger partial charge in [-0.05, 0) is 62.5 Å². The number of aryl methyl sites for hydroxylation is 1. The van der Waals surface area contributed by atoms with E-state index in [9.17, 15) is 4.79 Å². The summed E-state index contributed by atoms with van der Waals surface area (Å²) in [5, 5.41) is 20.6. The molecule has 3 atom stereocenters. The van der Waals surface area contributed by atoms with Crippen LogP contribution in [0.1, 0.15) is 51.3 Å². The maximum Gasteiger partial charge on any atom is 0.225 e. The van der Waals surface area contributed by atoms with Crippen LogP contribution >= 0.6 is 0 Å². The van der Waals surface area contributed by atoms with Crippen molar-refractivity contribution in [3.63, 3.8) is 0 Å². The van der Waals surface area contributed by atoms with E-state index in [1.165, 1.54) is 12.7 Å². The molecule has 1 amide bonds. The lowest BCUT2D eigenvalue weighted by Gasteiger charge is -2.61. The number of nitrogens with zero attached hydrogens (tertiary/aromatic N) is 7. The predicted octanol–water partition coefficient (Wildman–Crippen LogP) is 1.07. The van der Waals surface area contributed by atoms with Crippen molar-refractivity contribution in [2.75, 3.05) is 0 Å². The van der Waals surface area contributed by atoms with Crippen molar-refractivity contribution in [3.8, 4) is 0 Å². The van der Waals surface area contributed by atoms with Crippen LogP contribution in [-0.4, -0.2) is 46.4 Å². The van der Waals surface area contributed by atoms with E-state index in [0.717, 1.165) is 32.1 Å². The van der Waals surface area contributed by atoms with Gasteiger partial charge < -0.3 is 5.32 Å².